The highest BCUT2D eigenvalue weighted by atomic mass is 19.1. The van der Waals surface area contributed by atoms with Crippen molar-refractivity contribution in [3.8, 4) is 0 Å². The first-order valence-corrected chi connectivity index (χ1v) is 7.90. The van der Waals surface area contributed by atoms with E-state index in [1.807, 2.05) is 0 Å². The van der Waals surface area contributed by atoms with Crippen LogP contribution in [0.2, 0.25) is 0 Å². The molecule has 136 valence electrons. The maximum Gasteiger partial charge on any atom is 0.328 e. The van der Waals surface area contributed by atoms with Gasteiger partial charge in [-0.2, -0.15) is 0 Å². The molecule has 0 aliphatic rings. The van der Waals surface area contributed by atoms with Crippen molar-refractivity contribution in [2.45, 2.75) is 19.4 Å². The van der Waals surface area contributed by atoms with Gasteiger partial charge in [-0.05, 0) is 29.8 Å². The van der Waals surface area contributed by atoms with Crippen LogP contribution in [0.1, 0.15) is 22.8 Å². The second-order valence-electron chi connectivity index (χ2n) is 5.61. The number of hydrogen-bond acceptors (Lipinski definition) is 4. The first-order chi connectivity index (χ1) is 12.4. The number of nitrogens with one attached hydrogen (secondary N) is 2. The van der Waals surface area contributed by atoms with Gasteiger partial charge >= 0.3 is 5.97 Å². The van der Waals surface area contributed by atoms with E-state index in [4.69, 9.17) is 4.74 Å². The monoisotopic (exact) mass is 358 g/mol. The molecule has 2 N–H and O–H groups in total. The number of esters is 1. The molecule has 0 saturated carbocycles. The Morgan fingerprint density at radius 3 is 2.50 bits per heavy atom. The summed E-state index contributed by atoms with van der Waals surface area (Å²) in [6.07, 6.45) is -0.0452. The predicted molar refractivity (Wildman–Crippen MR) is 94.1 cm³/mol. The van der Waals surface area contributed by atoms with Crippen LogP contribution in [0.4, 0.5) is 10.1 Å². The van der Waals surface area contributed by atoms with Gasteiger partial charge in [0.25, 0.3) is 5.91 Å². The molecular weight excluding hydrogens is 339 g/mol. The molecule has 0 saturated heterocycles. The standard InChI is InChI=1S/C19H19FN2O4/c1-12(23)21-15-8-5-7-14(10-15)18(24)22-17(19(25)26-2)11-13-6-3-4-9-16(13)20/h3-10,17H,11H2,1-2H3,(H,21,23)(H,22,24)/t17-/m0/s1. The fraction of sp³-hybridized carbons (Fsp3) is 0.211. The van der Waals surface area contributed by atoms with E-state index in [-0.39, 0.29) is 23.5 Å². The van der Waals surface area contributed by atoms with Gasteiger partial charge in [0.05, 0.1) is 7.11 Å². The number of carbonyl (C=O) groups is 3. The second-order valence-corrected chi connectivity index (χ2v) is 5.61. The lowest BCUT2D eigenvalue weighted by molar-refractivity contribution is -0.142. The summed E-state index contributed by atoms with van der Waals surface area (Å²) < 4.78 is 18.6. The summed E-state index contributed by atoms with van der Waals surface area (Å²) in [7, 11) is 1.19. The number of benzene rings is 2. The minimum absolute atomic E-state index is 0.0452. The molecule has 2 rings (SSSR count). The SMILES string of the molecule is COC(=O)[C@H](Cc1ccccc1F)NC(=O)c1cccc(NC(C)=O)c1. The van der Waals surface area contributed by atoms with Crippen molar-refractivity contribution in [2.24, 2.45) is 0 Å². The Bertz CT molecular complexity index is 823. The van der Waals surface area contributed by atoms with Crippen LogP contribution < -0.4 is 10.6 Å². The highest BCUT2D eigenvalue weighted by Gasteiger charge is 2.24. The Labute approximate surface area is 150 Å². The van der Waals surface area contributed by atoms with E-state index < -0.39 is 23.7 Å². The van der Waals surface area contributed by atoms with E-state index in [1.54, 1.807) is 18.2 Å². The van der Waals surface area contributed by atoms with E-state index in [9.17, 15) is 18.8 Å². The molecular formula is C19H19FN2O4. The molecule has 1 atom stereocenters. The molecule has 6 nitrogen and oxygen atoms in total. The van der Waals surface area contributed by atoms with Crippen molar-refractivity contribution in [3.05, 3.63) is 65.5 Å². The lowest BCUT2D eigenvalue weighted by Crippen LogP contribution is -2.43. The number of anilines is 1. The van der Waals surface area contributed by atoms with Crippen LogP contribution >= 0.6 is 0 Å². The zero-order valence-electron chi connectivity index (χ0n) is 14.4. The minimum atomic E-state index is -1.05. The lowest BCUT2D eigenvalue weighted by Gasteiger charge is -2.17. The molecule has 0 spiro atoms. The average molecular weight is 358 g/mol. The van der Waals surface area contributed by atoms with E-state index in [1.165, 1.54) is 44.4 Å². The number of amides is 2. The van der Waals surface area contributed by atoms with Gasteiger partial charge in [0.1, 0.15) is 11.9 Å². The predicted octanol–water partition coefficient (Wildman–Crippen LogP) is 2.30. The summed E-state index contributed by atoms with van der Waals surface area (Å²) in [6, 6.07) is 11.2. The Morgan fingerprint density at radius 2 is 1.85 bits per heavy atom. The van der Waals surface area contributed by atoms with Gasteiger partial charge in [0.15, 0.2) is 0 Å². The molecule has 26 heavy (non-hydrogen) atoms. The third-order valence-electron chi connectivity index (χ3n) is 3.62. The lowest BCUT2D eigenvalue weighted by atomic mass is 10.0. The summed E-state index contributed by atoms with van der Waals surface area (Å²) in [5.41, 5.74) is 0.989. The zero-order chi connectivity index (χ0) is 19.1. The first kappa shape index (κ1) is 19.1. The van der Waals surface area contributed by atoms with E-state index in [2.05, 4.69) is 10.6 Å². The van der Waals surface area contributed by atoms with Crippen molar-refractivity contribution >= 4 is 23.5 Å². The smallest absolute Gasteiger partial charge is 0.328 e. The Hall–Kier alpha value is -3.22. The summed E-state index contributed by atoms with van der Waals surface area (Å²) in [5, 5.41) is 5.12. The van der Waals surface area contributed by atoms with E-state index in [0.29, 0.717) is 5.69 Å². The topological polar surface area (TPSA) is 84.5 Å². The largest absolute Gasteiger partial charge is 0.467 e. The zero-order valence-corrected chi connectivity index (χ0v) is 14.4. The minimum Gasteiger partial charge on any atom is -0.467 e. The van der Waals surface area contributed by atoms with Crippen molar-refractivity contribution in [3.63, 3.8) is 0 Å². The van der Waals surface area contributed by atoms with Crippen molar-refractivity contribution in [2.75, 3.05) is 12.4 Å². The Morgan fingerprint density at radius 1 is 1.12 bits per heavy atom. The maximum atomic E-state index is 13.8. The van der Waals surface area contributed by atoms with Crippen LogP contribution in [0.15, 0.2) is 48.5 Å². The van der Waals surface area contributed by atoms with Gasteiger partial charge in [-0.3, -0.25) is 9.59 Å². The van der Waals surface area contributed by atoms with Crippen molar-refractivity contribution in [1.29, 1.82) is 0 Å². The van der Waals surface area contributed by atoms with Crippen molar-refractivity contribution < 1.29 is 23.5 Å². The number of rotatable bonds is 6. The van der Waals surface area contributed by atoms with Crippen LogP contribution in [0, 0.1) is 5.82 Å². The quantitative estimate of drug-likeness (QED) is 0.776. The van der Waals surface area contributed by atoms with Gasteiger partial charge in [0.2, 0.25) is 5.91 Å². The second kappa shape index (κ2) is 8.75. The molecule has 2 amide bonds. The average Bonchev–Trinajstić information content (AvgIpc) is 2.61. The van der Waals surface area contributed by atoms with E-state index >= 15 is 0 Å². The van der Waals surface area contributed by atoms with E-state index in [0.717, 1.165) is 0 Å². The van der Waals surface area contributed by atoms with Crippen LogP contribution in [0.5, 0.6) is 0 Å². The van der Waals surface area contributed by atoms with Gasteiger partial charge in [-0.25, -0.2) is 9.18 Å². The fourth-order valence-electron chi connectivity index (χ4n) is 2.40. The molecule has 0 aliphatic heterocycles. The fourth-order valence-corrected chi connectivity index (χ4v) is 2.40. The van der Waals surface area contributed by atoms with Gasteiger partial charge in [-0.1, -0.05) is 24.3 Å². The summed E-state index contributed by atoms with van der Waals surface area (Å²) in [5.74, 6) is -1.96. The Kier molecular flexibility index (Phi) is 6.43. The van der Waals surface area contributed by atoms with Crippen molar-refractivity contribution in [1.82, 2.24) is 5.32 Å². The summed E-state index contributed by atoms with van der Waals surface area (Å²) in [4.78, 5) is 35.6. The normalized spacial score (nSPS) is 11.3. The Balaban J connectivity index is 2.17. The number of hydrogen-bond donors (Lipinski definition) is 2. The first-order valence-electron chi connectivity index (χ1n) is 7.90. The van der Waals surface area contributed by atoms with Crippen LogP contribution in [-0.2, 0) is 20.7 Å². The third kappa shape index (κ3) is 5.14. The molecule has 0 fully saturated rings. The molecule has 0 heterocycles. The van der Waals surface area contributed by atoms with Crippen LogP contribution in [0.3, 0.4) is 0 Å². The molecule has 0 radical (unpaired) electrons. The molecule has 0 bridgehead atoms. The molecule has 2 aromatic carbocycles. The molecule has 0 aliphatic carbocycles. The number of carbonyl (C=O) groups excluding carboxylic acids is 3. The maximum absolute atomic E-state index is 13.8. The van der Waals surface area contributed by atoms with Gasteiger partial charge < -0.3 is 15.4 Å². The highest BCUT2D eigenvalue weighted by molar-refractivity contribution is 5.98. The molecule has 0 aromatic heterocycles. The summed E-state index contributed by atoms with van der Waals surface area (Å²) in [6.45, 7) is 1.36. The number of halogens is 1. The molecule has 0 unspecified atom stereocenters. The van der Waals surface area contributed by atoms with Crippen LogP contribution in [-0.4, -0.2) is 30.9 Å². The highest BCUT2D eigenvalue weighted by Crippen LogP contribution is 2.13. The van der Waals surface area contributed by atoms with Gasteiger partial charge in [-0.15, -0.1) is 0 Å². The number of ether oxygens (including phenoxy) is 1. The molecule has 2 aromatic rings. The van der Waals surface area contributed by atoms with Crippen LogP contribution in [0.25, 0.3) is 0 Å². The van der Waals surface area contributed by atoms with Gasteiger partial charge in [0, 0.05) is 24.6 Å². The summed E-state index contributed by atoms with van der Waals surface area (Å²) >= 11 is 0. The third-order valence-corrected chi connectivity index (χ3v) is 3.62. The number of methoxy groups -OCH3 is 1. The molecule has 7 heteroatoms.